The number of carbonyl (C=O) groups excluding carboxylic acids is 1. The molecule has 1 aliphatic rings. The molecule has 0 saturated carbocycles. The molecule has 1 N–H and O–H groups in total. The molecule has 3 aromatic rings. The molecule has 0 bridgehead atoms. The average molecular weight is 485 g/mol. The Balaban J connectivity index is 1.34. The monoisotopic (exact) mass is 484 g/mol. The van der Waals surface area contributed by atoms with Crippen LogP contribution in [0.15, 0.2) is 54.6 Å². The van der Waals surface area contributed by atoms with Crippen LogP contribution in [0.3, 0.4) is 0 Å². The van der Waals surface area contributed by atoms with Crippen LogP contribution in [-0.4, -0.2) is 60.2 Å². The summed E-state index contributed by atoms with van der Waals surface area (Å²) in [5.41, 5.74) is 2.86. The number of aryl methyl sites for hydroxylation is 1. The molecular weight excluding hydrogens is 456 g/mol. The third kappa shape index (κ3) is 6.96. The fourth-order valence-corrected chi connectivity index (χ4v) is 3.87. The molecule has 0 aliphatic carbocycles. The second-order valence-corrected chi connectivity index (χ2v) is 8.51. The normalized spacial score (nSPS) is 14.1. The largest absolute Gasteiger partial charge is 0.489 e. The van der Waals surface area contributed by atoms with Gasteiger partial charge in [0.25, 0.3) is 0 Å². The molecule has 1 aromatic heterocycles. The number of morpholine rings is 1. The van der Waals surface area contributed by atoms with Crippen LogP contribution >= 0.6 is 11.6 Å². The van der Waals surface area contributed by atoms with E-state index in [1.165, 1.54) is 0 Å². The first-order chi connectivity index (χ1) is 16.6. The van der Waals surface area contributed by atoms with E-state index in [1.807, 2.05) is 49.4 Å². The number of carbonyl (C=O) groups is 1. The van der Waals surface area contributed by atoms with Crippen molar-refractivity contribution in [1.29, 1.82) is 0 Å². The number of ether oxygens (including phenoxy) is 3. The summed E-state index contributed by atoms with van der Waals surface area (Å²) in [6, 6.07) is 17.3. The Bertz CT molecular complexity index is 1080. The van der Waals surface area contributed by atoms with E-state index in [2.05, 4.69) is 15.3 Å². The average Bonchev–Trinajstić information content (AvgIpc) is 3.18. The van der Waals surface area contributed by atoms with Gasteiger partial charge in [0.1, 0.15) is 19.0 Å². The molecule has 1 fully saturated rings. The van der Waals surface area contributed by atoms with Crippen molar-refractivity contribution in [2.75, 3.05) is 44.8 Å². The standard InChI is InChI=1S/C25H29ClN4O4/c1-19-15-24(27-25(31)33-14-11-29-9-12-32-13-10-29)28-30(19)17-21-16-22(26)7-8-23(21)34-18-20-5-3-2-4-6-20/h2-8,15-16H,9-14,17-18H2,1H3,(H,27,28,31). The van der Waals surface area contributed by atoms with Crippen molar-refractivity contribution in [2.24, 2.45) is 0 Å². The molecule has 0 spiro atoms. The van der Waals surface area contributed by atoms with Crippen LogP contribution in [0, 0.1) is 6.92 Å². The Morgan fingerprint density at radius 3 is 2.74 bits per heavy atom. The summed E-state index contributed by atoms with van der Waals surface area (Å²) in [5.74, 6) is 1.17. The number of rotatable bonds is 9. The first-order valence-corrected chi connectivity index (χ1v) is 11.7. The molecule has 2 aromatic carbocycles. The molecule has 34 heavy (non-hydrogen) atoms. The summed E-state index contributed by atoms with van der Waals surface area (Å²) in [5, 5.41) is 7.84. The van der Waals surface area contributed by atoms with Gasteiger partial charge >= 0.3 is 6.09 Å². The predicted molar refractivity (Wildman–Crippen MR) is 131 cm³/mol. The SMILES string of the molecule is Cc1cc(NC(=O)OCCN2CCOCC2)nn1Cc1cc(Cl)ccc1OCc1ccccc1. The summed E-state index contributed by atoms with van der Waals surface area (Å²) >= 11 is 6.25. The van der Waals surface area contributed by atoms with Gasteiger partial charge in [-0.15, -0.1) is 0 Å². The maximum atomic E-state index is 12.2. The van der Waals surface area contributed by atoms with Gasteiger partial charge in [-0.05, 0) is 30.7 Å². The smallest absolute Gasteiger partial charge is 0.412 e. The molecular formula is C25H29ClN4O4. The Morgan fingerprint density at radius 1 is 1.15 bits per heavy atom. The van der Waals surface area contributed by atoms with Gasteiger partial charge in [-0.25, -0.2) is 4.79 Å². The predicted octanol–water partition coefficient (Wildman–Crippen LogP) is 4.35. The Hall–Kier alpha value is -3.07. The summed E-state index contributed by atoms with van der Waals surface area (Å²) in [7, 11) is 0. The minimum atomic E-state index is -0.521. The van der Waals surface area contributed by atoms with Crippen molar-refractivity contribution >= 4 is 23.5 Å². The Labute approximate surface area is 204 Å². The molecule has 0 atom stereocenters. The minimum Gasteiger partial charge on any atom is -0.489 e. The first kappa shape index (κ1) is 24.1. The number of amides is 1. The zero-order chi connectivity index (χ0) is 23.8. The summed E-state index contributed by atoms with van der Waals surface area (Å²) in [4.78, 5) is 14.4. The van der Waals surface area contributed by atoms with Gasteiger partial charge < -0.3 is 14.2 Å². The Morgan fingerprint density at radius 2 is 1.94 bits per heavy atom. The highest BCUT2D eigenvalue weighted by Gasteiger charge is 2.14. The van der Waals surface area contributed by atoms with Gasteiger partial charge in [0, 0.05) is 42.0 Å². The van der Waals surface area contributed by atoms with Crippen LogP contribution in [0.1, 0.15) is 16.8 Å². The highest BCUT2D eigenvalue weighted by Crippen LogP contribution is 2.25. The van der Waals surface area contributed by atoms with E-state index >= 15 is 0 Å². The lowest BCUT2D eigenvalue weighted by atomic mass is 10.2. The fraction of sp³-hybridized carbons (Fsp3) is 0.360. The lowest BCUT2D eigenvalue weighted by Crippen LogP contribution is -2.38. The quantitative estimate of drug-likeness (QED) is 0.486. The summed E-state index contributed by atoms with van der Waals surface area (Å²) < 4.78 is 18.5. The molecule has 8 nitrogen and oxygen atoms in total. The molecule has 1 amide bonds. The van der Waals surface area contributed by atoms with E-state index in [1.54, 1.807) is 16.8 Å². The summed E-state index contributed by atoms with van der Waals surface area (Å²) in [6.07, 6.45) is -0.521. The van der Waals surface area contributed by atoms with Crippen LogP contribution < -0.4 is 10.1 Å². The summed E-state index contributed by atoms with van der Waals surface area (Å²) in [6.45, 7) is 6.98. The number of anilines is 1. The van der Waals surface area contributed by atoms with E-state index in [0.717, 1.165) is 35.7 Å². The topological polar surface area (TPSA) is 77.9 Å². The number of hydrogen-bond acceptors (Lipinski definition) is 6. The van der Waals surface area contributed by atoms with E-state index in [-0.39, 0.29) is 0 Å². The maximum absolute atomic E-state index is 12.2. The van der Waals surface area contributed by atoms with Crippen molar-refractivity contribution in [2.45, 2.75) is 20.1 Å². The van der Waals surface area contributed by atoms with Gasteiger partial charge in [0.05, 0.1) is 19.8 Å². The van der Waals surface area contributed by atoms with E-state index in [0.29, 0.717) is 50.4 Å². The zero-order valence-corrected chi connectivity index (χ0v) is 20.0. The molecule has 1 aliphatic heterocycles. The van der Waals surface area contributed by atoms with Crippen molar-refractivity contribution in [1.82, 2.24) is 14.7 Å². The molecule has 0 unspecified atom stereocenters. The van der Waals surface area contributed by atoms with Gasteiger partial charge in [-0.2, -0.15) is 5.10 Å². The maximum Gasteiger partial charge on any atom is 0.412 e. The third-order valence-corrected chi connectivity index (χ3v) is 5.77. The van der Waals surface area contributed by atoms with Gasteiger partial charge in [0.2, 0.25) is 0 Å². The van der Waals surface area contributed by atoms with Gasteiger partial charge in [0.15, 0.2) is 5.82 Å². The number of hydrogen-bond donors (Lipinski definition) is 1. The minimum absolute atomic E-state index is 0.316. The highest BCUT2D eigenvalue weighted by molar-refractivity contribution is 6.30. The van der Waals surface area contributed by atoms with Crippen molar-refractivity contribution in [3.63, 3.8) is 0 Å². The highest BCUT2D eigenvalue weighted by atomic mass is 35.5. The van der Waals surface area contributed by atoms with Crippen molar-refractivity contribution < 1.29 is 19.0 Å². The lowest BCUT2D eigenvalue weighted by molar-refractivity contribution is 0.0290. The van der Waals surface area contributed by atoms with Crippen LogP contribution in [0.25, 0.3) is 0 Å². The van der Waals surface area contributed by atoms with Gasteiger partial charge in [-0.1, -0.05) is 41.9 Å². The van der Waals surface area contributed by atoms with Crippen LogP contribution in [-0.2, 0) is 22.6 Å². The molecule has 2 heterocycles. The van der Waals surface area contributed by atoms with E-state index in [9.17, 15) is 4.79 Å². The number of benzene rings is 2. The molecule has 1 saturated heterocycles. The number of nitrogens with one attached hydrogen (secondary N) is 1. The molecule has 180 valence electrons. The Kier molecular flexibility index (Phi) is 8.41. The van der Waals surface area contributed by atoms with Gasteiger partial charge in [-0.3, -0.25) is 14.9 Å². The van der Waals surface area contributed by atoms with Crippen LogP contribution in [0.2, 0.25) is 5.02 Å². The first-order valence-electron chi connectivity index (χ1n) is 11.3. The second kappa shape index (κ2) is 11.9. The fourth-order valence-electron chi connectivity index (χ4n) is 3.67. The van der Waals surface area contributed by atoms with Crippen LogP contribution in [0.4, 0.5) is 10.6 Å². The van der Waals surface area contributed by atoms with E-state index < -0.39 is 6.09 Å². The number of halogens is 1. The third-order valence-electron chi connectivity index (χ3n) is 5.54. The second-order valence-electron chi connectivity index (χ2n) is 8.07. The molecule has 0 radical (unpaired) electrons. The molecule has 9 heteroatoms. The molecule has 4 rings (SSSR count). The van der Waals surface area contributed by atoms with Crippen molar-refractivity contribution in [3.05, 3.63) is 76.4 Å². The lowest BCUT2D eigenvalue weighted by Gasteiger charge is -2.26. The van der Waals surface area contributed by atoms with Crippen LogP contribution in [0.5, 0.6) is 5.75 Å². The van der Waals surface area contributed by atoms with Crippen molar-refractivity contribution in [3.8, 4) is 5.75 Å². The zero-order valence-electron chi connectivity index (χ0n) is 19.2. The number of nitrogens with zero attached hydrogens (tertiary/aromatic N) is 3. The number of aromatic nitrogens is 2. The van der Waals surface area contributed by atoms with E-state index in [4.69, 9.17) is 25.8 Å².